The van der Waals surface area contributed by atoms with E-state index < -0.39 is 50.7 Å². The van der Waals surface area contributed by atoms with Gasteiger partial charge in [0.2, 0.25) is 26.0 Å². The number of benzene rings is 2. The minimum absolute atomic E-state index is 0.0469. The van der Waals surface area contributed by atoms with Gasteiger partial charge in [0.1, 0.15) is 5.75 Å². The first-order valence-electron chi connectivity index (χ1n) is 13.5. The van der Waals surface area contributed by atoms with E-state index in [1.165, 1.54) is 23.5 Å². The molecule has 1 saturated heterocycles. The number of sulfonamides is 2. The molecule has 0 aliphatic carbocycles. The van der Waals surface area contributed by atoms with Gasteiger partial charge in [0.15, 0.2) is 0 Å². The number of aliphatic hydroxyl groups is 1. The lowest BCUT2D eigenvalue weighted by Crippen LogP contribution is -2.54. The zero-order valence-corrected chi connectivity index (χ0v) is 25.6. The molecule has 2 N–H and O–H groups in total. The maximum Gasteiger partial charge on any atom is 0.243 e. The van der Waals surface area contributed by atoms with Crippen LogP contribution in [0, 0.1) is 5.92 Å². The van der Waals surface area contributed by atoms with Gasteiger partial charge in [-0.1, -0.05) is 44.2 Å². The number of carbonyl (C=O) groups excluding carboxylic acids is 1. The first kappa shape index (κ1) is 33.0. The summed E-state index contributed by atoms with van der Waals surface area (Å²) in [5.41, 5.74) is 0.814. The second kappa shape index (κ2) is 14.6. The van der Waals surface area contributed by atoms with Crippen molar-refractivity contribution in [1.29, 1.82) is 0 Å². The van der Waals surface area contributed by atoms with Crippen molar-refractivity contribution in [2.75, 3.05) is 46.2 Å². The van der Waals surface area contributed by atoms with Gasteiger partial charge in [-0.15, -0.1) is 0 Å². The highest BCUT2D eigenvalue weighted by Crippen LogP contribution is 2.22. The van der Waals surface area contributed by atoms with E-state index in [1.807, 2.05) is 44.2 Å². The van der Waals surface area contributed by atoms with Crippen LogP contribution >= 0.6 is 0 Å². The van der Waals surface area contributed by atoms with Gasteiger partial charge < -0.3 is 19.9 Å². The highest BCUT2D eigenvalue weighted by Gasteiger charge is 2.34. The molecular formula is C28H41N3O8S2. The van der Waals surface area contributed by atoms with Crippen LogP contribution in [0.15, 0.2) is 59.5 Å². The second-order valence-corrected chi connectivity index (χ2v) is 14.5. The minimum Gasteiger partial charge on any atom is -0.497 e. The van der Waals surface area contributed by atoms with E-state index >= 15 is 0 Å². The molecule has 1 aliphatic heterocycles. The second-order valence-electron chi connectivity index (χ2n) is 10.6. The molecule has 1 heterocycles. The van der Waals surface area contributed by atoms with E-state index in [4.69, 9.17) is 9.47 Å². The average molecular weight is 612 g/mol. The van der Waals surface area contributed by atoms with Crippen molar-refractivity contribution in [1.82, 2.24) is 13.9 Å². The van der Waals surface area contributed by atoms with Crippen molar-refractivity contribution in [2.45, 2.75) is 49.8 Å². The number of methoxy groups -OCH3 is 1. The van der Waals surface area contributed by atoms with Crippen LogP contribution in [0.4, 0.5) is 0 Å². The molecule has 13 heteroatoms. The molecule has 0 spiro atoms. The summed E-state index contributed by atoms with van der Waals surface area (Å²) in [5.74, 6) is -0.137. The fraction of sp³-hybridized carbons (Fsp3) is 0.536. The molecule has 1 amide bonds. The lowest BCUT2D eigenvalue weighted by Gasteiger charge is -2.31. The number of amides is 1. The number of rotatable bonds is 15. The summed E-state index contributed by atoms with van der Waals surface area (Å²) in [6.07, 6.45) is 0.427. The van der Waals surface area contributed by atoms with Gasteiger partial charge in [0.05, 0.1) is 49.6 Å². The van der Waals surface area contributed by atoms with Gasteiger partial charge in [-0.3, -0.25) is 4.79 Å². The highest BCUT2D eigenvalue weighted by molar-refractivity contribution is 7.89. The molecule has 2 aromatic carbocycles. The Labute approximate surface area is 243 Å². The smallest absolute Gasteiger partial charge is 0.243 e. The van der Waals surface area contributed by atoms with Crippen LogP contribution in [0.3, 0.4) is 0 Å². The van der Waals surface area contributed by atoms with E-state index in [-0.39, 0.29) is 36.9 Å². The van der Waals surface area contributed by atoms with E-state index in [0.717, 1.165) is 16.1 Å². The predicted octanol–water partition coefficient (Wildman–Crippen LogP) is 1.48. The summed E-state index contributed by atoms with van der Waals surface area (Å²) in [4.78, 5) is 13.2. The Kier molecular flexibility index (Phi) is 11.7. The van der Waals surface area contributed by atoms with Crippen LogP contribution in [0.2, 0.25) is 0 Å². The Morgan fingerprint density at radius 3 is 2.27 bits per heavy atom. The first-order chi connectivity index (χ1) is 19.3. The van der Waals surface area contributed by atoms with Crippen LogP contribution < -0.4 is 10.1 Å². The van der Waals surface area contributed by atoms with Crippen molar-refractivity contribution in [3.63, 3.8) is 0 Å². The number of nitrogens with one attached hydrogen (secondary N) is 1. The van der Waals surface area contributed by atoms with Gasteiger partial charge in [-0.2, -0.15) is 8.61 Å². The van der Waals surface area contributed by atoms with E-state index in [0.29, 0.717) is 18.8 Å². The third-order valence-electron chi connectivity index (χ3n) is 6.80. The van der Waals surface area contributed by atoms with Gasteiger partial charge in [-0.05, 0) is 48.6 Å². The number of hydrogen-bond acceptors (Lipinski definition) is 8. The van der Waals surface area contributed by atoms with Crippen LogP contribution in [0.5, 0.6) is 5.75 Å². The Hall–Kier alpha value is -2.55. The third kappa shape index (κ3) is 9.48. The van der Waals surface area contributed by atoms with Crippen LogP contribution in [0.25, 0.3) is 0 Å². The standard InChI is InChI=1S/C28H41N3O8S2/c1-21(2)17-30(41(36,37)25-12-10-24(38-3)11-13-25)18-27(32)26(16-22-8-6-5-7-9-22)29-28(33)19-31(40(4,34)35)23-14-15-39-20-23/h5-13,21,23,26-27,32H,14-20H2,1-4H3,(H,29,33)/t23-,26-,27+/m0/s1. The molecule has 228 valence electrons. The molecule has 0 radical (unpaired) electrons. The van der Waals surface area contributed by atoms with Crippen molar-refractivity contribution in [3.05, 3.63) is 60.2 Å². The normalized spacial score (nSPS) is 17.6. The number of carbonyl (C=O) groups is 1. The van der Waals surface area contributed by atoms with Crippen molar-refractivity contribution < 1.29 is 36.2 Å². The fourth-order valence-corrected chi connectivity index (χ4v) is 7.40. The molecule has 0 bridgehead atoms. The summed E-state index contributed by atoms with van der Waals surface area (Å²) < 4.78 is 64.9. The summed E-state index contributed by atoms with van der Waals surface area (Å²) in [6.45, 7) is 3.77. The molecule has 1 aliphatic rings. The monoisotopic (exact) mass is 611 g/mol. The maximum absolute atomic E-state index is 13.6. The number of ether oxygens (including phenoxy) is 2. The Morgan fingerprint density at radius 2 is 1.73 bits per heavy atom. The predicted molar refractivity (Wildman–Crippen MR) is 155 cm³/mol. The van der Waals surface area contributed by atoms with Gasteiger partial charge in [0.25, 0.3) is 0 Å². The molecule has 0 unspecified atom stereocenters. The number of aliphatic hydroxyl groups excluding tert-OH is 1. The quantitative estimate of drug-likeness (QED) is 0.309. The van der Waals surface area contributed by atoms with Crippen LogP contribution in [0.1, 0.15) is 25.8 Å². The van der Waals surface area contributed by atoms with Crippen LogP contribution in [-0.4, -0.2) is 101 Å². The van der Waals surface area contributed by atoms with Gasteiger partial charge in [0, 0.05) is 19.7 Å². The summed E-state index contributed by atoms with van der Waals surface area (Å²) >= 11 is 0. The number of nitrogens with zero attached hydrogens (tertiary/aromatic N) is 2. The molecule has 1 fully saturated rings. The SMILES string of the molecule is COc1ccc(S(=O)(=O)N(CC(C)C)C[C@@H](O)[C@H](Cc2ccccc2)NC(=O)CN([C@H]2CCOC2)S(C)(=O)=O)cc1. The van der Waals surface area contributed by atoms with E-state index in [1.54, 1.807) is 12.1 Å². The van der Waals surface area contributed by atoms with Crippen LogP contribution in [-0.2, 0) is 36.0 Å². The molecule has 3 atom stereocenters. The summed E-state index contributed by atoms with van der Waals surface area (Å²) in [7, 11) is -6.22. The maximum atomic E-state index is 13.6. The molecular weight excluding hydrogens is 570 g/mol. The topological polar surface area (TPSA) is 143 Å². The average Bonchev–Trinajstić information content (AvgIpc) is 3.45. The molecule has 41 heavy (non-hydrogen) atoms. The summed E-state index contributed by atoms with van der Waals surface area (Å²) in [5, 5.41) is 14.2. The summed E-state index contributed by atoms with van der Waals surface area (Å²) in [6, 6.07) is 13.8. The largest absolute Gasteiger partial charge is 0.497 e. The lowest BCUT2D eigenvalue weighted by atomic mass is 10.0. The minimum atomic E-state index is -4.00. The third-order valence-corrected chi connectivity index (χ3v) is 9.93. The highest BCUT2D eigenvalue weighted by atomic mass is 32.2. The fourth-order valence-electron chi connectivity index (χ4n) is 4.72. The van der Waals surface area contributed by atoms with Crippen molar-refractivity contribution >= 4 is 26.0 Å². The molecule has 2 aromatic rings. The lowest BCUT2D eigenvalue weighted by molar-refractivity contribution is -0.123. The van der Waals surface area contributed by atoms with Crippen molar-refractivity contribution in [3.8, 4) is 5.75 Å². The van der Waals surface area contributed by atoms with Gasteiger partial charge in [-0.25, -0.2) is 16.8 Å². The molecule has 0 saturated carbocycles. The Balaban J connectivity index is 1.85. The molecule has 11 nitrogen and oxygen atoms in total. The first-order valence-corrected chi connectivity index (χ1v) is 16.8. The van der Waals surface area contributed by atoms with E-state index in [9.17, 15) is 26.7 Å². The Morgan fingerprint density at radius 1 is 1.07 bits per heavy atom. The van der Waals surface area contributed by atoms with E-state index in [2.05, 4.69) is 5.32 Å². The number of hydrogen-bond donors (Lipinski definition) is 2. The molecule has 3 rings (SSSR count). The zero-order valence-electron chi connectivity index (χ0n) is 24.0. The Bertz CT molecular complexity index is 1330. The zero-order chi connectivity index (χ0) is 30.2. The molecule has 0 aromatic heterocycles. The van der Waals surface area contributed by atoms with Gasteiger partial charge >= 0.3 is 0 Å². The van der Waals surface area contributed by atoms with Crippen molar-refractivity contribution in [2.24, 2.45) is 5.92 Å².